The Labute approximate surface area is 123 Å². The molecule has 0 radical (unpaired) electrons. The van der Waals surface area contributed by atoms with Crippen LogP contribution in [-0.4, -0.2) is 54.1 Å². The van der Waals surface area contributed by atoms with Gasteiger partial charge in [-0.1, -0.05) is 12.1 Å². The molecule has 21 heavy (non-hydrogen) atoms. The van der Waals surface area contributed by atoms with Gasteiger partial charge in [-0.2, -0.15) is 0 Å². The molecule has 7 nitrogen and oxygen atoms in total. The Bertz CT molecular complexity index is 562. The molecule has 2 aliphatic rings. The molecule has 1 aromatic carbocycles. The summed E-state index contributed by atoms with van der Waals surface area (Å²) in [4.78, 5) is 27.4. The first-order valence-corrected chi connectivity index (χ1v) is 7.07. The minimum atomic E-state index is -0.136. The number of carbonyl (C=O) groups is 2. The molecule has 4 N–H and O–H groups in total. The van der Waals surface area contributed by atoms with E-state index in [2.05, 4.69) is 10.6 Å². The van der Waals surface area contributed by atoms with Crippen molar-refractivity contribution in [2.24, 2.45) is 5.73 Å². The molecular formula is C14H19N5O2. The minimum absolute atomic E-state index is 0.0318. The van der Waals surface area contributed by atoms with Crippen LogP contribution in [0.15, 0.2) is 24.3 Å². The smallest absolute Gasteiger partial charge is 0.321 e. The quantitative estimate of drug-likeness (QED) is 0.735. The number of hydrogen-bond acceptors (Lipinski definition) is 3. The van der Waals surface area contributed by atoms with E-state index in [4.69, 9.17) is 5.73 Å². The van der Waals surface area contributed by atoms with E-state index in [9.17, 15) is 9.59 Å². The van der Waals surface area contributed by atoms with Gasteiger partial charge in [-0.05, 0) is 17.7 Å². The Morgan fingerprint density at radius 2 is 2.29 bits per heavy atom. The summed E-state index contributed by atoms with van der Waals surface area (Å²) in [6.07, 6.45) is 0. The lowest BCUT2D eigenvalue weighted by molar-refractivity contribution is 0.136. The molecule has 2 aliphatic heterocycles. The topological polar surface area (TPSA) is 90.7 Å². The number of rotatable bonds is 2. The third-order valence-electron chi connectivity index (χ3n) is 3.93. The molecule has 0 aliphatic carbocycles. The number of amides is 4. The highest BCUT2D eigenvalue weighted by Crippen LogP contribution is 2.16. The summed E-state index contributed by atoms with van der Waals surface area (Å²) in [6.45, 7) is 2.73. The van der Waals surface area contributed by atoms with Gasteiger partial charge >= 0.3 is 12.1 Å². The molecular weight excluding hydrogens is 270 g/mol. The normalized spacial score (nSPS) is 21.0. The maximum atomic E-state index is 12.3. The molecule has 0 bridgehead atoms. The van der Waals surface area contributed by atoms with Crippen molar-refractivity contribution in [2.45, 2.75) is 12.6 Å². The Morgan fingerprint density at radius 3 is 3.10 bits per heavy atom. The van der Waals surface area contributed by atoms with Gasteiger partial charge in [0.15, 0.2) is 0 Å². The van der Waals surface area contributed by atoms with Crippen LogP contribution in [0.5, 0.6) is 0 Å². The van der Waals surface area contributed by atoms with Crippen LogP contribution < -0.4 is 16.4 Å². The standard InChI is InChI=1S/C14H19N5O2/c15-7-10-2-1-3-11(6-10)17-14(21)18-4-5-19-12(9-18)8-16-13(19)20/h1-3,6,12H,4-5,7-9,15H2,(H,16,20)(H,17,21). The maximum absolute atomic E-state index is 12.3. The number of nitrogens with two attached hydrogens (primary N) is 1. The van der Waals surface area contributed by atoms with Crippen LogP contribution in [0.2, 0.25) is 0 Å². The maximum Gasteiger partial charge on any atom is 0.321 e. The molecule has 0 saturated carbocycles. The van der Waals surface area contributed by atoms with Gasteiger partial charge in [-0.25, -0.2) is 9.59 Å². The van der Waals surface area contributed by atoms with Crippen LogP contribution in [0.4, 0.5) is 15.3 Å². The van der Waals surface area contributed by atoms with Crippen LogP contribution in [0.25, 0.3) is 0 Å². The van der Waals surface area contributed by atoms with Crippen molar-refractivity contribution in [3.63, 3.8) is 0 Å². The second-order valence-electron chi connectivity index (χ2n) is 5.31. The average molecular weight is 289 g/mol. The Morgan fingerprint density at radius 1 is 1.43 bits per heavy atom. The fraction of sp³-hybridized carbons (Fsp3) is 0.429. The number of anilines is 1. The monoisotopic (exact) mass is 289 g/mol. The van der Waals surface area contributed by atoms with Crippen LogP contribution in [-0.2, 0) is 6.54 Å². The number of urea groups is 2. The van der Waals surface area contributed by atoms with Gasteiger partial charge in [0.25, 0.3) is 0 Å². The predicted molar refractivity (Wildman–Crippen MR) is 78.8 cm³/mol. The zero-order valence-electron chi connectivity index (χ0n) is 11.7. The molecule has 2 fully saturated rings. The fourth-order valence-corrected chi connectivity index (χ4v) is 2.77. The lowest BCUT2D eigenvalue weighted by Crippen LogP contribution is -2.54. The zero-order valence-corrected chi connectivity index (χ0v) is 11.7. The minimum Gasteiger partial charge on any atom is -0.336 e. The Kier molecular flexibility index (Phi) is 3.66. The summed E-state index contributed by atoms with van der Waals surface area (Å²) in [5.74, 6) is 0. The molecule has 0 spiro atoms. The Hall–Kier alpha value is -2.28. The number of hydrogen-bond donors (Lipinski definition) is 3. The summed E-state index contributed by atoms with van der Waals surface area (Å²) in [5, 5.41) is 5.69. The number of carbonyl (C=O) groups excluding carboxylic acids is 2. The highest BCUT2D eigenvalue weighted by molar-refractivity contribution is 5.89. The first-order valence-electron chi connectivity index (χ1n) is 7.07. The summed E-state index contributed by atoms with van der Waals surface area (Å²) < 4.78 is 0. The van der Waals surface area contributed by atoms with Gasteiger partial charge in [-0.3, -0.25) is 0 Å². The van der Waals surface area contributed by atoms with Gasteiger partial charge in [-0.15, -0.1) is 0 Å². The lowest BCUT2D eigenvalue weighted by atomic mass is 10.2. The highest BCUT2D eigenvalue weighted by atomic mass is 16.2. The summed E-state index contributed by atoms with van der Waals surface area (Å²) in [6, 6.07) is 7.41. The third kappa shape index (κ3) is 2.78. The molecule has 2 saturated heterocycles. The van der Waals surface area contributed by atoms with Gasteiger partial charge in [0, 0.05) is 38.4 Å². The SMILES string of the molecule is NCc1cccc(NC(=O)N2CCN3C(=O)NCC3C2)c1. The summed E-state index contributed by atoms with van der Waals surface area (Å²) in [5.41, 5.74) is 7.31. The van der Waals surface area contributed by atoms with Crippen molar-refractivity contribution < 1.29 is 9.59 Å². The number of nitrogens with zero attached hydrogens (tertiary/aromatic N) is 2. The van der Waals surface area contributed by atoms with E-state index in [1.807, 2.05) is 24.3 Å². The van der Waals surface area contributed by atoms with Crippen molar-refractivity contribution in [3.05, 3.63) is 29.8 Å². The second-order valence-corrected chi connectivity index (χ2v) is 5.31. The average Bonchev–Trinajstić information content (AvgIpc) is 2.88. The number of benzene rings is 1. The third-order valence-corrected chi connectivity index (χ3v) is 3.93. The van der Waals surface area contributed by atoms with E-state index in [1.165, 1.54) is 0 Å². The van der Waals surface area contributed by atoms with Crippen molar-refractivity contribution in [3.8, 4) is 0 Å². The molecule has 112 valence electrons. The largest absolute Gasteiger partial charge is 0.336 e. The molecule has 1 unspecified atom stereocenters. The molecule has 3 rings (SSSR count). The number of fused-ring (bicyclic) bond motifs is 1. The van der Waals surface area contributed by atoms with Crippen LogP contribution in [0.1, 0.15) is 5.56 Å². The highest BCUT2D eigenvalue weighted by Gasteiger charge is 2.36. The summed E-state index contributed by atoms with van der Waals surface area (Å²) in [7, 11) is 0. The molecule has 7 heteroatoms. The predicted octanol–water partition coefficient (Wildman–Crippen LogP) is 0.387. The first kappa shape index (κ1) is 13.7. The van der Waals surface area contributed by atoms with E-state index in [1.54, 1.807) is 9.80 Å². The summed E-state index contributed by atoms with van der Waals surface area (Å²) >= 11 is 0. The van der Waals surface area contributed by atoms with E-state index >= 15 is 0 Å². The Balaban J connectivity index is 1.62. The lowest BCUT2D eigenvalue weighted by Gasteiger charge is -2.36. The van der Waals surface area contributed by atoms with E-state index in [-0.39, 0.29) is 18.1 Å². The van der Waals surface area contributed by atoms with E-state index in [0.29, 0.717) is 32.7 Å². The molecule has 1 aromatic rings. The van der Waals surface area contributed by atoms with E-state index < -0.39 is 0 Å². The first-order chi connectivity index (χ1) is 10.2. The van der Waals surface area contributed by atoms with Crippen LogP contribution in [0, 0.1) is 0 Å². The van der Waals surface area contributed by atoms with Crippen molar-refractivity contribution >= 4 is 17.7 Å². The van der Waals surface area contributed by atoms with Crippen molar-refractivity contribution in [1.29, 1.82) is 0 Å². The second kappa shape index (κ2) is 5.61. The number of nitrogens with one attached hydrogen (secondary N) is 2. The van der Waals surface area contributed by atoms with Gasteiger partial charge in [0.1, 0.15) is 0 Å². The van der Waals surface area contributed by atoms with Crippen molar-refractivity contribution in [1.82, 2.24) is 15.1 Å². The molecule has 4 amide bonds. The van der Waals surface area contributed by atoms with Gasteiger partial charge in [0.2, 0.25) is 0 Å². The number of piperazine rings is 1. The molecule has 2 heterocycles. The van der Waals surface area contributed by atoms with Crippen LogP contribution >= 0.6 is 0 Å². The fourth-order valence-electron chi connectivity index (χ4n) is 2.77. The van der Waals surface area contributed by atoms with Gasteiger partial charge in [0.05, 0.1) is 6.04 Å². The molecule has 1 atom stereocenters. The van der Waals surface area contributed by atoms with E-state index in [0.717, 1.165) is 11.3 Å². The molecule has 0 aromatic heterocycles. The zero-order chi connectivity index (χ0) is 14.8. The van der Waals surface area contributed by atoms with Gasteiger partial charge < -0.3 is 26.2 Å². The van der Waals surface area contributed by atoms with Crippen molar-refractivity contribution in [2.75, 3.05) is 31.5 Å². The van der Waals surface area contributed by atoms with Crippen LogP contribution in [0.3, 0.4) is 0 Å².